The van der Waals surface area contributed by atoms with E-state index in [-0.39, 0.29) is 5.57 Å². The molecule has 0 aliphatic rings. The Kier molecular flexibility index (Phi) is 5.94. The van der Waals surface area contributed by atoms with Crippen LogP contribution in [0.2, 0.25) is 5.15 Å². The molecule has 0 spiro atoms. The molecule has 0 atom stereocenters. The molecule has 0 aliphatic heterocycles. The number of carbonyl (C=O) groups excluding carboxylic acids is 1. The summed E-state index contributed by atoms with van der Waals surface area (Å²) >= 11 is 7.80. The lowest BCUT2D eigenvalue weighted by Crippen LogP contribution is -2.13. The van der Waals surface area contributed by atoms with Crippen LogP contribution >= 0.6 is 22.9 Å². The first-order valence-electron chi connectivity index (χ1n) is 9.31. The highest BCUT2D eigenvalue weighted by Crippen LogP contribution is 2.27. The van der Waals surface area contributed by atoms with E-state index in [1.54, 1.807) is 11.6 Å². The highest BCUT2D eigenvalue weighted by molar-refractivity contribution is 7.14. The third-order valence-corrected chi connectivity index (χ3v) is 5.62. The van der Waals surface area contributed by atoms with E-state index in [4.69, 9.17) is 11.6 Å². The van der Waals surface area contributed by atoms with E-state index in [0.29, 0.717) is 21.5 Å². The number of aromatic nitrogens is 3. The van der Waals surface area contributed by atoms with Crippen LogP contribution in [0.3, 0.4) is 0 Å². The maximum atomic E-state index is 12.7. The molecule has 4 aromatic rings. The predicted octanol–water partition coefficient (Wildman–Crippen LogP) is 5.50. The lowest BCUT2D eigenvalue weighted by Gasteiger charge is -2.02. The van der Waals surface area contributed by atoms with Crippen LogP contribution in [0.1, 0.15) is 11.3 Å². The second kappa shape index (κ2) is 8.96. The van der Waals surface area contributed by atoms with E-state index in [1.807, 2.05) is 72.1 Å². The maximum absolute atomic E-state index is 12.7. The van der Waals surface area contributed by atoms with E-state index in [2.05, 4.69) is 15.4 Å². The summed E-state index contributed by atoms with van der Waals surface area (Å²) in [5, 5.41) is 19.3. The Morgan fingerprint density at radius 2 is 1.84 bits per heavy atom. The number of nitrogens with zero attached hydrogens (tertiary/aromatic N) is 4. The Morgan fingerprint density at radius 1 is 1.16 bits per heavy atom. The summed E-state index contributed by atoms with van der Waals surface area (Å²) in [5.41, 5.74) is 3.53. The van der Waals surface area contributed by atoms with Gasteiger partial charge in [0.05, 0.1) is 17.1 Å². The van der Waals surface area contributed by atoms with Gasteiger partial charge in [-0.3, -0.25) is 10.1 Å². The second-order valence-corrected chi connectivity index (χ2v) is 7.78. The first kappa shape index (κ1) is 20.5. The fraction of sp³-hybridized carbons (Fsp3) is 0.0435. The Morgan fingerprint density at radius 3 is 2.52 bits per heavy atom. The zero-order valence-corrected chi connectivity index (χ0v) is 18.0. The minimum atomic E-state index is -0.556. The number of rotatable bonds is 5. The van der Waals surface area contributed by atoms with Crippen LogP contribution in [0.25, 0.3) is 23.0 Å². The average Bonchev–Trinajstić information content (AvgIpc) is 3.37. The van der Waals surface area contributed by atoms with Crippen molar-refractivity contribution >= 4 is 40.1 Å². The minimum Gasteiger partial charge on any atom is -0.297 e. The molecular weight excluding hydrogens is 430 g/mol. The van der Waals surface area contributed by atoms with Gasteiger partial charge in [-0.1, -0.05) is 60.1 Å². The van der Waals surface area contributed by atoms with Gasteiger partial charge in [-0.25, -0.2) is 9.67 Å². The Labute approximate surface area is 188 Å². The highest BCUT2D eigenvalue weighted by atomic mass is 35.5. The highest BCUT2D eigenvalue weighted by Gasteiger charge is 2.17. The summed E-state index contributed by atoms with van der Waals surface area (Å²) in [6.07, 6.45) is 1.45. The molecule has 8 heteroatoms. The maximum Gasteiger partial charge on any atom is 0.268 e. The van der Waals surface area contributed by atoms with Gasteiger partial charge in [0.2, 0.25) is 0 Å². The molecule has 4 rings (SSSR count). The number of para-hydroxylation sites is 1. The van der Waals surface area contributed by atoms with E-state index >= 15 is 0 Å². The zero-order chi connectivity index (χ0) is 21.8. The molecule has 0 fully saturated rings. The Balaban J connectivity index is 1.58. The second-order valence-electron chi connectivity index (χ2n) is 6.57. The van der Waals surface area contributed by atoms with Gasteiger partial charge in [-0.15, -0.1) is 11.3 Å². The molecule has 1 N–H and O–H groups in total. The number of aryl methyl sites for hydroxylation is 1. The summed E-state index contributed by atoms with van der Waals surface area (Å²) in [6.45, 7) is 1.77. The van der Waals surface area contributed by atoms with Crippen molar-refractivity contribution < 1.29 is 4.79 Å². The van der Waals surface area contributed by atoms with Crippen LogP contribution in [-0.2, 0) is 4.79 Å². The molecule has 0 radical (unpaired) electrons. The lowest BCUT2D eigenvalue weighted by atomic mass is 10.1. The van der Waals surface area contributed by atoms with Crippen LogP contribution in [0, 0.1) is 18.3 Å². The minimum absolute atomic E-state index is 0.0888. The van der Waals surface area contributed by atoms with E-state index in [0.717, 1.165) is 16.9 Å². The number of amides is 1. The van der Waals surface area contributed by atoms with Gasteiger partial charge in [0.1, 0.15) is 16.8 Å². The van der Waals surface area contributed by atoms with Crippen molar-refractivity contribution in [1.82, 2.24) is 14.8 Å². The standard InChI is InChI=1S/C23H16ClN5OS/c1-15-19(21(24)29(28-15)18-10-6-3-7-11-18)12-17(13-25)22(30)27-23-26-20(14-31-23)16-8-4-2-5-9-16/h2-12,14H,1H3,(H,26,27,30)/b17-12-. The molecular formula is C23H16ClN5OS. The number of nitrogens with one attached hydrogen (secondary N) is 1. The number of carbonyl (C=O) groups is 1. The molecule has 0 saturated heterocycles. The smallest absolute Gasteiger partial charge is 0.268 e. The third kappa shape index (κ3) is 4.40. The normalized spacial score (nSPS) is 11.2. The molecule has 2 heterocycles. The van der Waals surface area contributed by atoms with Gasteiger partial charge >= 0.3 is 0 Å². The largest absolute Gasteiger partial charge is 0.297 e. The fourth-order valence-electron chi connectivity index (χ4n) is 2.95. The van der Waals surface area contributed by atoms with Crippen molar-refractivity contribution in [3.8, 4) is 23.0 Å². The van der Waals surface area contributed by atoms with Crippen molar-refractivity contribution in [3.05, 3.63) is 88.0 Å². The fourth-order valence-corrected chi connectivity index (χ4v) is 3.99. The molecule has 2 aromatic carbocycles. The molecule has 2 aromatic heterocycles. The number of anilines is 1. The van der Waals surface area contributed by atoms with Crippen LogP contribution in [0.4, 0.5) is 5.13 Å². The van der Waals surface area contributed by atoms with Gasteiger partial charge < -0.3 is 0 Å². The SMILES string of the molecule is Cc1nn(-c2ccccc2)c(Cl)c1/C=C(/C#N)C(=O)Nc1nc(-c2ccccc2)cs1. The summed E-state index contributed by atoms with van der Waals surface area (Å²) in [5.74, 6) is -0.556. The van der Waals surface area contributed by atoms with E-state index in [1.165, 1.54) is 17.4 Å². The average molecular weight is 446 g/mol. The van der Waals surface area contributed by atoms with E-state index < -0.39 is 5.91 Å². The number of thiazole rings is 1. The van der Waals surface area contributed by atoms with Gasteiger partial charge in [0, 0.05) is 16.5 Å². The van der Waals surface area contributed by atoms with Gasteiger partial charge in [-0.05, 0) is 25.1 Å². The van der Waals surface area contributed by atoms with Crippen molar-refractivity contribution in [2.45, 2.75) is 6.92 Å². The summed E-state index contributed by atoms with van der Waals surface area (Å²) in [7, 11) is 0. The number of hydrogen-bond acceptors (Lipinski definition) is 5. The summed E-state index contributed by atoms with van der Waals surface area (Å²) in [6, 6.07) is 21.0. The quantitative estimate of drug-likeness (QED) is 0.324. The van der Waals surface area contributed by atoms with Gasteiger partial charge in [-0.2, -0.15) is 10.4 Å². The molecule has 31 heavy (non-hydrogen) atoms. The van der Waals surface area contributed by atoms with Crippen molar-refractivity contribution in [3.63, 3.8) is 0 Å². The zero-order valence-electron chi connectivity index (χ0n) is 16.4. The summed E-state index contributed by atoms with van der Waals surface area (Å²) < 4.78 is 1.57. The Hall–Kier alpha value is -3.73. The van der Waals surface area contributed by atoms with Crippen molar-refractivity contribution in [2.75, 3.05) is 5.32 Å². The van der Waals surface area contributed by atoms with Crippen molar-refractivity contribution in [2.24, 2.45) is 0 Å². The molecule has 1 amide bonds. The number of hydrogen-bond donors (Lipinski definition) is 1. The molecule has 0 aliphatic carbocycles. The molecule has 0 bridgehead atoms. The number of benzene rings is 2. The molecule has 152 valence electrons. The molecule has 0 unspecified atom stereocenters. The van der Waals surface area contributed by atoms with Crippen LogP contribution in [0.5, 0.6) is 0 Å². The molecule has 0 saturated carbocycles. The first-order valence-corrected chi connectivity index (χ1v) is 10.6. The third-order valence-electron chi connectivity index (χ3n) is 4.50. The monoisotopic (exact) mass is 445 g/mol. The lowest BCUT2D eigenvalue weighted by molar-refractivity contribution is -0.112. The van der Waals surface area contributed by atoms with Crippen LogP contribution in [0.15, 0.2) is 71.6 Å². The van der Waals surface area contributed by atoms with Gasteiger partial charge in [0.15, 0.2) is 5.13 Å². The number of nitriles is 1. The van der Waals surface area contributed by atoms with E-state index in [9.17, 15) is 10.1 Å². The first-order chi connectivity index (χ1) is 15.1. The Bertz CT molecular complexity index is 1300. The molecule has 6 nitrogen and oxygen atoms in total. The predicted molar refractivity (Wildman–Crippen MR) is 123 cm³/mol. The van der Waals surface area contributed by atoms with Gasteiger partial charge in [0.25, 0.3) is 5.91 Å². The summed E-state index contributed by atoms with van der Waals surface area (Å²) in [4.78, 5) is 17.1. The van der Waals surface area contributed by atoms with Crippen LogP contribution in [-0.4, -0.2) is 20.7 Å². The van der Waals surface area contributed by atoms with Crippen molar-refractivity contribution in [1.29, 1.82) is 5.26 Å². The topological polar surface area (TPSA) is 83.6 Å². The van der Waals surface area contributed by atoms with Crippen LogP contribution < -0.4 is 5.32 Å². The number of halogens is 1.